The van der Waals surface area contributed by atoms with Crippen LogP contribution in [0.4, 0.5) is 0 Å². The van der Waals surface area contributed by atoms with E-state index in [0.717, 1.165) is 50.4 Å². The van der Waals surface area contributed by atoms with E-state index in [9.17, 15) is 4.79 Å². The molecule has 0 atom stereocenters. The van der Waals surface area contributed by atoms with Crippen molar-refractivity contribution in [3.05, 3.63) is 83.0 Å². The number of H-pyrrole nitrogens is 1. The fourth-order valence-electron chi connectivity index (χ4n) is 4.35. The highest BCUT2D eigenvalue weighted by atomic mass is 16.1. The van der Waals surface area contributed by atoms with E-state index in [0.29, 0.717) is 6.54 Å². The molecule has 3 heterocycles. The van der Waals surface area contributed by atoms with Crippen molar-refractivity contribution in [1.82, 2.24) is 20.1 Å². The lowest BCUT2D eigenvalue weighted by atomic mass is 10.1. The third kappa shape index (κ3) is 3.97. The molecule has 0 saturated carbocycles. The van der Waals surface area contributed by atoms with Crippen LogP contribution in [0.1, 0.15) is 27.0 Å². The summed E-state index contributed by atoms with van der Waals surface area (Å²) in [6.45, 7) is 6.93. The van der Waals surface area contributed by atoms with Crippen molar-refractivity contribution in [2.45, 2.75) is 19.6 Å². The molecule has 2 aromatic carbocycles. The molecule has 2 aliphatic rings. The fraction of sp³-hybridized carbons (Fsp3) is 0.292. The molecule has 0 aliphatic carbocycles. The molecule has 1 aromatic heterocycles. The first-order chi connectivity index (χ1) is 14.2. The van der Waals surface area contributed by atoms with E-state index in [2.05, 4.69) is 62.6 Å². The second-order valence-corrected chi connectivity index (χ2v) is 8.01. The van der Waals surface area contributed by atoms with Gasteiger partial charge in [0.05, 0.1) is 0 Å². The van der Waals surface area contributed by atoms with E-state index < -0.39 is 0 Å². The van der Waals surface area contributed by atoms with Crippen LogP contribution in [0.5, 0.6) is 0 Å². The van der Waals surface area contributed by atoms with E-state index in [1.54, 1.807) is 0 Å². The Labute approximate surface area is 171 Å². The smallest absolute Gasteiger partial charge is 0.251 e. The van der Waals surface area contributed by atoms with Crippen LogP contribution in [0.25, 0.3) is 11.3 Å². The van der Waals surface area contributed by atoms with Crippen molar-refractivity contribution in [3.63, 3.8) is 0 Å². The highest BCUT2D eigenvalue weighted by Gasteiger charge is 2.21. The summed E-state index contributed by atoms with van der Waals surface area (Å²) in [7, 11) is 0. The van der Waals surface area contributed by atoms with Crippen LogP contribution in [-0.2, 0) is 19.6 Å². The molecule has 5 nitrogen and oxygen atoms in total. The summed E-state index contributed by atoms with van der Waals surface area (Å²) in [5.41, 5.74) is 7.04. The number of amides is 1. The molecule has 5 rings (SSSR count). The first-order valence-corrected chi connectivity index (χ1v) is 10.3. The molecular formula is C24H26N4O. The van der Waals surface area contributed by atoms with Crippen LogP contribution in [-0.4, -0.2) is 46.9 Å². The molecule has 29 heavy (non-hydrogen) atoms. The lowest BCUT2D eigenvalue weighted by Crippen LogP contribution is -2.45. The number of rotatable bonds is 5. The Bertz CT molecular complexity index is 1000. The number of benzene rings is 2. The van der Waals surface area contributed by atoms with Gasteiger partial charge in [-0.05, 0) is 46.5 Å². The number of carbonyl (C=O) groups excluding carboxylic acids is 1. The molecule has 0 unspecified atom stereocenters. The summed E-state index contributed by atoms with van der Waals surface area (Å²) < 4.78 is 0. The van der Waals surface area contributed by atoms with E-state index in [4.69, 9.17) is 0 Å². The maximum absolute atomic E-state index is 11.7. The molecule has 1 fully saturated rings. The monoisotopic (exact) mass is 386 g/mol. The van der Waals surface area contributed by atoms with Gasteiger partial charge in [-0.2, -0.15) is 0 Å². The molecule has 148 valence electrons. The molecule has 0 bridgehead atoms. The predicted octanol–water partition coefficient (Wildman–Crippen LogP) is 3.24. The number of hydrogen-bond donors (Lipinski definition) is 2. The Hall–Kier alpha value is -2.89. The molecular weight excluding hydrogens is 360 g/mol. The minimum absolute atomic E-state index is 0.0560. The van der Waals surface area contributed by atoms with Gasteiger partial charge in [0.15, 0.2) is 0 Å². The molecule has 5 heteroatoms. The number of carbonyl (C=O) groups is 1. The first kappa shape index (κ1) is 18.2. The average Bonchev–Trinajstić information content (AvgIpc) is 3.40. The summed E-state index contributed by atoms with van der Waals surface area (Å²) in [5, 5.41) is 2.90. The summed E-state index contributed by atoms with van der Waals surface area (Å²) in [6, 6.07) is 19.2. The number of nitrogens with zero attached hydrogens (tertiary/aromatic N) is 2. The van der Waals surface area contributed by atoms with Crippen molar-refractivity contribution in [1.29, 1.82) is 0 Å². The summed E-state index contributed by atoms with van der Waals surface area (Å²) in [6.07, 6.45) is 1.97. The Morgan fingerprint density at radius 3 is 2.31 bits per heavy atom. The topological polar surface area (TPSA) is 51.4 Å². The van der Waals surface area contributed by atoms with Gasteiger partial charge in [-0.15, -0.1) is 0 Å². The lowest BCUT2D eigenvalue weighted by molar-refractivity contribution is 0.0965. The minimum Gasteiger partial charge on any atom is -0.361 e. The molecule has 2 N–H and O–H groups in total. The Morgan fingerprint density at radius 1 is 0.828 bits per heavy atom. The van der Waals surface area contributed by atoms with Gasteiger partial charge < -0.3 is 10.3 Å². The third-order valence-electron chi connectivity index (χ3n) is 5.97. The van der Waals surface area contributed by atoms with Crippen molar-refractivity contribution in [3.8, 4) is 11.3 Å². The number of aromatic amines is 1. The predicted molar refractivity (Wildman–Crippen MR) is 114 cm³/mol. The van der Waals surface area contributed by atoms with Gasteiger partial charge in [-0.3, -0.25) is 14.6 Å². The quantitative estimate of drug-likeness (QED) is 0.708. The van der Waals surface area contributed by atoms with Crippen LogP contribution < -0.4 is 5.32 Å². The molecule has 3 aromatic rings. The normalized spacial score (nSPS) is 17.3. The van der Waals surface area contributed by atoms with E-state index in [1.807, 2.05) is 18.3 Å². The highest BCUT2D eigenvalue weighted by molar-refractivity contribution is 5.98. The highest BCUT2D eigenvalue weighted by Crippen LogP contribution is 2.21. The number of fused-ring (bicyclic) bond motifs is 1. The second kappa shape index (κ2) is 7.85. The Balaban J connectivity index is 1.16. The van der Waals surface area contributed by atoms with E-state index >= 15 is 0 Å². The Kier molecular flexibility index (Phi) is 4.92. The zero-order valence-corrected chi connectivity index (χ0v) is 16.5. The molecule has 1 amide bonds. The summed E-state index contributed by atoms with van der Waals surface area (Å²) >= 11 is 0. The third-order valence-corrected chi connectivity index (χ3v) is 5.97. The lowest BCUT2D eigenvalue weighted by Gasteiger charge is -2.34. The van der Waals surface area contributed by atoms with Gasteiger partial charge in [-0.1, -0.05) is 30.3 Å². The minimum atomic E-state index is 0.0560. The van der Waals surface area contributed by atoms with Crippen LogP contribution in [0.15, 0.2) is 60.8 Å². The van der Waals surface area contributed by atoms with Gasteiger partial charge in [0.1, 0.15) is 0 Å². The fourth-order valence-corrected chi connectivity index (χ4v) is 4.35. The van der Waals surface area contributed by atoms with Crippen LogP contribution in [0, 0.1) is 0 Å². The summed E-state index contributed by atoms with van der Waals surface area (Å²) in [5.74, 6) is 0.0560. The SMILES string of the molecule is O=C1NCc2cc(CN3CCN(Cc4cccc(-c5ccc[nH]5)c4)CC3)ccc21. The van der Waals surface area contributed by atoms with Gasteiger partial charge in [0.2, 0.25) is 0 Å². The van der Waals surface area contributed by atoms with Crippen LogP contribution >= 0.6 is 0 Å². The van der Waals surface area contributed by atoms with E-state index in [-0.39, 0.29) is 5.91 Å². The van der Waals surface area contributed by atoms with Gasteiger partial charge in [0.25, 0.3) is 5.91 Å². The number of aromatic nitrogens is 1. The first-order valence-electron chi connectivity index (χ1n) is 10.3. The van der Waals surface area contributed by atoms with Crippen LogP contribution in [0.3, 0.4) is 0 Å². The maximum Gasteiger partial charge on any atom is 0.251 e. The molecule has 2 aliphatic heterocycles. The van der Waals surface area contributed by atoms with Crippen molar-refractivity contribution in [2.24, 2.45) is 0 Å². The van der Waals surface area contributed by atoms with Gasteiger partial charge in [-0.25, -0.2) is 0 Å². The van der Waals surface area contributed by atoms with Crippen molar-refractivity contribution >= 4 is 5.91 Å². The zero-order valence-electron chi connectivity index (χ0n) is 16.5. The molecule has 1 saturated heterocycles. The standard InChI is InChI=1S/C24H26N4O/c29-24-22-7-6-19(14-21(22)15-26-24)17-28-11-9-27(10-12-28)16-18-3-1-4-20(13-18)23-5-2-8-25-23/h1-8,13-14,25H,9-12,15-17H2,(H,26,29). The number of piperazine rings is 1. The van der Waals surface area contributed by atoms with Gasteiger partial charge >= 0.3 is 0 Å². The largest absolute Gasteiger partial charge is 0.361 e. The van der Waals surface area contributed by atoms with Crippen molar-refractivity contribution < 1.29 is 4.79 Å². The van der Waals surface area contributed by atoms with E-state index in [1.165, 1.54) is 22.4 Å². The summed E-state index contributed by atoms with van der Waals surface area (Å²) in [4.78, 5) is 20.0. The van der Waals surface area contributed by atoms with Crippen molar-refractivity contribution in [2.75, 3.05) is 26.2 Å². The zero-order chi connectivity index (χ0) is 19.6. The average molecular weight is 386 g/mol. The number of hydrogen-bond acceptors (Lipinski definition) is 3. The molecule has 0 spiro atoms. The Morgan fingerprint density at radius 2 is 1.59 bits per heavy atom. The maximum atomic E-state index is 11.7. The van der Waals surface area contributed by atoms with Crippen LogP contribution in [0.2, 0.25) is 0 Å². The number of nitrogens with one attached hydrogen (secondary N) is 2. The molecule has 0 radical (unpaired) electrons. The van der Waals surface area contributed by atoms with Gasteiger partial charge in [0, 0.05) is 63.3 Å². The second-order valence-electron chi connectivity index (χ2n) is 8.01.